The summed E-state index contributed by atoms with van der Waals surface area (Å²) < 4.78 is 29.0. The van der Waals surface area contributed by atoms with E-state index in [0.717, 1.165) is 19.6 Å². The van der Waals surface area contributed by atoms with E-state index < -0.39 is 6.61 Å². The largest absolute Gasteiger partial charge is 0.433 e. The highest BCUT2D eigenvalue weighted by Gasteiger charge is 2.21. The van der Waals surface area contributed by atoms with Crippen LogP contribution in [0.5, 0.6) is 5.75 Å². The lowest BCUT2D eigenvalue weighted by atomic mass is 10.2. The molecule has 124 valence electrons. The molecule has 1 saturated heterocycles. The maximum atomic E-state index is 12.3. The number of benzene rings is 1. The molecule has 0 aliphatic carbocycles. The fourth-order valence-electron chi connectivity index (χ4n) is 2.26. The molecule has 1 aliphatic heterocycles. The van der Waals surface area contributed by atoms with E-state index in [1.54, 1.807) is 12.1 Å². The van der Waals surface area contributed by atoms with E-state index in [9.17, 15) is 13.6 Å². The molecule has 1 aromatic rings. The number of piperazine rings is 1. The number of para-hydroxylation sites is 2. The van der Waals surface area contributed by atoms with Gasteiger partial charge in [-0.15, -0.1) is 12.4 Å². The predicted octanol–water partition coefficient (Wildman–Crippen LogP) is 1.94. The predicted molar refractivity (Wildman–Crippen MR) is 82.9 cm³/mol. The summed E-state index contributed by atoms with van der Waals surface area (Å²) in [5.41, 5.74) is 0.255. The highest BCUT2D eigenvalue weighted by atomic mass is 35.5. The van der Waals surface area contributed by atoms with Gasteiger partial charge in [-0.05, 0) is 19.1 Å². The van der Waals surface area contributed by atoms with Gasteiger partial charge in [-0.25, -0.2) is 0 Å². The SMILES string of the molecule is C[C@H]1CNCCN1CC(=O)Nc1ccccc1OC(F)F.Cl. The van der Waals surface area contributed by atoms with E-state index in [2.05, 4.69) is 15.4 Å². The smallest absolute Gasteiger partial charge is 0.387 e. The molecule has 1 aliphatic rings. The normalized spacial score (nSPS) is 18.6. The summed E-state index contributed by atoms with van der Waals surface area (Å²) in [4.78, 5) is 14.1. The number of rotatable bonds is 5. The molecule has 1 heterocycles. The van der Waals surface area contributed by atoms with E-state index in [0.29, 0.717) is 0 Å². The number of alkyl halides is 2. The monoisotopic (exact) mass is 335 g/mol. The van der Waals surface area contributed by atoms with Gasteiger partial charge in [-0.3, -0.25) is 9.69 Å². The molecule has 2 N–H and O–H groups in total. The Kier molecular flexibility index (Phi) is 7.50. The zero-order chi connectivity index (χ0) is 15.2. The zero-order valence-corrected chi connectivity index (χ0v) is 13.0. The number of carbonyl (C=O) groups is 1. The fraction of sp³-hybridized carbons (Fsp3) is 0.500. The Morgan fingerprint density at radius 1 is 1.50 bits per heavy atom. The third-order valence-electron chi connectivity index (χ3n) is 3.36. The number of ether oxygens (including phenoxy) is 1. The molecular formula is C14H20ClF2N3O2. The first-order valence-electron chi connectivity index (χ1n) is 6.84. The van der Waals surface area contributed by atoms with E-state index in [1.165, 1.54) is 12.1 Å². The van der Waals surface area contributed by atoms with E-state index in [1.807, 2.05) is 11.8 Å². The molecule has 0 radical (unpaired) electrons. The van der Waals surface area contributed by atoms with Gasteiger partial charge in [0.25, 0.3) is 0 Å². The van der Waals surface area contributed by atoms with Crippen molar-refractivity contribution in [1.29, 1.82) is 0 Å². The third kappa shape index (κ3) is 5.40. The van der Waals surface area contributed by atoms with Gasteiger partial charge in [0.2, 0.25) is 5.91 Å². The van der Waals surface area contributed by atoms with Crippen molar-refractivity contribution in [3.05, 3.63) is 24.3 Å². The van der Waals surface area contributed by atoms with Gasteiger partial charge >= 0.3 is 6.61 Å². The van der Waals surface area contributed by atoms with Crippen LogP contribution in [0.1, 0.15) is 6.92 Å². The second-order valence-electron chi connectivity index (χ2n) is 4.95. The molecule has 1 aromatic carbocycles. The number of nitrogens with zero attached hydrogens (tertiary/aromatic N) is 1. The van der Waals surface area contributed by atoms with Crippen molar-refractivity contribution in [1.82, 2.24) is 10.2 Å². The molecule has 1 atom stereocenters. The molecule has 1 fully saturated rings. The number of hydrogen-bond acceptors (Lipinski definition) is 4. The van der Waals surface area contributed by atoms with Gasteiger partial charge in [0, 0.05) is 25.7 Å². The van der Waals surface area contributed by atoms with E-state index >= 15 is 0 Å². The maximum Gasteiger partial charge on any atom is 0.387 e. The van der Waals surface area contributed by atoms with E-state index in [-0.39, 0.29) is 42.3 Å². The minimum absolute atomic E-state index is 0. The van der Waals surface area contributed by atoms with Gasteiger partial charge in [0.1, 0.15) is 5.75 Å². The molecule has 0 aromatic heterocycles. The summed E-state index contributed by atoms with van der Waals surface area (Å²) in [6, 6.07) is 6.43. The molecule has 0 spiro atoms. The van der Waals surface area contributed by atoms with Gasteiger partial charge in [0.15, 0.2) is 0 Å². The number of anilines is 1. The first-order valence-corrected chi connectivity index (χ1v) is 6.84. The summed E-state index contributed by atoms with van der Waals surface area (Å²) in [7, 11) is 0. The van der Waals surface area contributed by atoms with Gasteiger partial charge in [0.05, 0.1) is 12.2 Å². The average Bonchev–Trinajstić information content (AvgIpc) is 2.43. The number of hydrogen-bond donors (Lipinski definition) is 2. The topological polar surface area (TPSA) is 53.6 Å². The van der Waals surface area contributed by atoms with Crippen LogP contribution in [0, 0.1) is 0 Å². The molecule has 0 saturated carbocycles. The molecule has 0 bridgehead atoms. The van der Waals surface area contributed by atoms with E-state index in [4.69, 9.17) is 0 Å². The highest BCUT2D eigenvalue weighted by Crippen LogP contribution is 2.25. The Morgan fingerprint density at radius 3 is 2.91 bits per heavy atom. The van der Waals surface area contributed by atoms with Crippen LogP contribution in [0.4, 0.5) is 14.5 Å². The standard InChI is InChI=1S/C14H19F2N3O2.ClH/c1-10-8-17-6-7-19(10)9-13(20)18-11-4-2-3-5-12(11)21-14(15)16;/h2-5,10,14,17H,6-9H2,1H3,(H,18,20);1H/t10-;/m0./s1. The van der Waals surface area contributed by atoms with Crippen LogP contribution in [0.25, 0.3) is 0 Å². The van der Waals surface area contributed by atoms with Gasteiger partial charge < -0.3 is 15.4 Å². The Bertz CT molecular complexity index is 491. The van der Waals surface area contributed by atoms with Crippen molar-refractivity contribution in [3.63, 3.8) is 0 Å². The van der Waals surface area contributed by atoms with Crippen LogP contribution in [-0.4, -0.2) is 49.6 Å². The minimum atomic E-state index is -2.92. The maximum absolute atomic E-state index is 12.3. The van der Waals surface area contributed by atoms with Gasteiger partial charge in [-0.1, -0.05) is 12.1 Å². The molecule has 1 amide bonds. The molecular weight excluding hydrogens is 316 g/mol. The second-order valence-corrected chi connectivity index (χ2v) is 4.95. The van der Waals surface area contributed by atoms with Crippen LogP contribution in [0.3, 0.4) is 0 Å². The quantitative estimate of drug-likeness (QED) is 0.863. The number of amides is 1. The molecule has 5 nitrogen and oxygen atoms in total. The first kappa shape index (κ1) is 18.6. The summed E-state index contributed by atoms with van der Waals surface area (Å²) in [6.45, 7) is 1.79. The molecule has 2 rings (SSSR count). The van der Waals surface area contributed by atoms with Crippen molar-refractivity contribution in [2.75, 3.05) is 31.5 Å². The number of nitrogens with one attached hydrogen (secondary N) is 2. The van der Waals surface area contributed by atoms with Crippen molar-refractivity contribution >= 4 is 24.0 Å². The van der Waals surface area contributed by atoms with Crippen molar-refractivity contribution in [2.24, 2.45) is 0 Å². The average molecular weight is 336 g/mol. The van der Waals surface area contributed by atoms with Crippen molar-refractivity contribution in [3.8, 4) is 5.75 Å². The highest BCUT2D eigenvalue weighted by molar-refractivity contribution is 5.93. The van der Waals surface area contributed by atoms with Crippen LogP contribution < -0.4 is 15.4 Å². The van der Waals surface area contributed by atoms with Crippen LogP contribution in [-0.2, 0) is 4.79 Å². The fourth-order valence-corrected chi connectivity index (χ4v) is 2.26. The van der Waals surface area contributed by atoms with Crippen molar-refractivity contribution < 1.29 is 18.3 Å². The lowest BCUT2D eigenvalue weighted by Crippen LogP contribution is -2.52. The molecule has 0 unspecified atom stereocenters. The van der Waals surface area contributed by atoms with Crippen molar-refractivity contribution in [2.45, 2.75) is 19.6 Å². The van der Waals surface area contributed by atoms with Crippen LogP contribution >= 0.6 is 12.4 Å². The lowest BCUT2D eigenvalue weighted by molar-refractivity contribution is -0.118. The third-order valence-corrected chi connectivity index (χ3v) is 3.36. The Morgan fingerprint density at radius 2 is 2.23 bits per heavy atom. The minimum Gasteiger partial charge on any atom is -0.433 e. The van der Waals surface area contributed by atoms with Crippen LogP contribution in [0.15, 0.2) is 24.3 Å². The summed E-state index contributed by atoms with van der Waals surface area (Å²) in [5, 5.41) is 5.87. The number of halogens is 3. The van der Waals surface area contributed by atoms with Gasteiger partial charge in [-0.2, -0.15) is 8.78 Å². The number of carbonyl (C=O) groups excluding carboxylic acids is 1. The first-order chi connectivity index (χ1) is 10.1. The van der Waals surface area contributed by atoms with Crippen LogP contribution in [0.2, 0.25) is 0 Å². The molecule has 8 heteroatoms. The Labute approximate surface area is 134 Å². The Hall–Kier alpha value is -1.44. The summed E-state index contributed by atoms with van der Waals surface area (Å²) in [5.74, 6) is -0.275. The molecule has 22 heavy (non-hydrogen) atoms. The summed E-state index contributed by atoms with van der Waals surface area (Å²) in [6.07, 6.45) is 0. The second kappa shape index (κ2) is 8.87. The lowest BCUT2D eigenvalue weighted by Gasteiger charge is -2.33. The summed E-state index contributed by atoms with van der Waals surface area (Å²) >= 11 is 0. The zero-order valence-electron chi connectivity index (χ0n) is 12.2. The Balaban J connectivity index is 0.00000242.